The maximum Gasteiger partial charge on any atom is 0.456 e. The van der Waals surface area contributed by atoms with Gasteiger partial charge in [-0.2, -0.15) is 31.4 Å². The van der Waals surface area contributed by atoms with Gasteiger partial charge in [0, 0.05) is 17.0 Å². The van der Waals surface area contributed by atoms with E-state index in [1.54, 1.807) is 0 Å². The summed E-state index contributed by atoms with van der Waals surface area (Å²) in [5.74, 6) is -2.20. The van der Waals surface area contributed by atoms with Crippen LogP contribution >= 0.6 is 22.9 Å². The lowest BCUT2D eigenvalue weighted by molar-refractivity contribution is -0.141. The summed E-state index contributed by atoms with van der Waals surface area (Å²) in [5, 5.41) is 2.91. The van der Waals surface area contributed by atoms with Crippen LogP contribution in [0.15, 0.2) is 16.9 Å². The molecular weight excluding hydrogens is 438 g/mol. The van der Waals surface area contributed by atoms with E-state index in [-0.39, 0.29) is 20.7 Å². The molecular formula is C14H7ClF6N4O2S. The van der Waals surface area contributed by atoms with Gasteiger partial charge in [0.15, 0.2) is 10.7 Å². The fourth-order valence-electron chi connectivity index (χ4n) is 2.40. The van der Waals surface area contributed by atoms with Crippen LogP contribution in [0, 0.1) is 6.92 Å². The van der Waals surface area contributed by atoms with E-state index >= 15 is 0 Å². The second-order valence-electron chi connectivity index (χ2n) is 5.55. The molecule has 3 aromatic heterocycles. The van der Waals surface area contributed by atoms with Crippen LogP contribution in [0.2, 0.25) is 5.15 Å². The molecule has 0 aliphatic carbocycles. The first kappa shape index (κ1) is 20.3. The largest absolute Gasteiger partial charge is 0.456 e. The zero-order chi connectivity index (χ0) is 21.0. The number of ketones is 1. The minimum absolute atomic E-state index is 0.0828. The van der Waals surface area contributed by atoms with Gasteiger partial charge in [0.25, 0.3) is 11.3 Å². The Morgan fingerprint density at radius 3 is 2.39 bits per heavy atom. The molecule has 0 atom stereocenters. The average molecular weight is 445 g/mol. The average Bonchev–Trinajstić information content (AvgIpc) is 3.05. The van der Waals surface area contributed by atoms with Crippen LogP contribution in [0.25, 0.3) is 4.96 Å². The van der Waals surface area contributed by atoms with E-state index in [2.05, 4.69) is 10.1 Å². The highest BCUT2D eigenvalue weighted by atomic mass is 35.5. The molecule has 28 heavy (non-hydrogen) atoms. The lowest BCUT2D eigenvalue weighted by atomic mass is 10.2. The Bertz CT molecular complexity index is 1140. The lowest BCUT2D eigenvalue weighted by Crippen LogP contribution is -2.28. The third-order valence-electron chi connectivity index (χ3n) is 3.55. The molecule has 0 aliphatic heterocycles. The van der Waals surface area contributed by atoms with Crippen LogP contribution in [-0.2, 0) is 12.7 Å². The van der Waals surface area contributed by atoms with Crippen molar-refractivity contribution in [2.24, 2.45) is 0 Å². The number of carbonyl (C=O) groups excluding carboxylic acids is 1. The summed E-state index contributed by atoms with van der Waals surface area (Å²) in [6.45, 7) is 0.789. The molecule has 14 heteroatoms. The van der Waals surface area contributed by atoms with Gasteiger partial charge in [0.2, 0.25) is 0 Å². The van der Waals surface area contributed by atoms with Gasteiger partial charge in [-0.05, 0) is 6.92 Å². The molecule has 0 aromatic carbocycles. The van der Waals surface area contributed by atoms with Gasteiger partial charge < -0.3 is 0 Å². The fourth-order valence-corrected chi connectivity index (χ4v) is 3.59. The Morgan fingerprint density at radius 2 is 1.86 bits per heavy atom. The smallest absolute Gasteiger partial charge is 0.282 e. The van der Waals surface area contributed by atoms with Crippen molar-refractivity contribution in [3.8, 4) is 0 Å². The number of hydrogen-bond acceptors (Lipinski definition) is 5. The number of thiazole rings is 1. The fraction of sp³-hybridized carbons (Fsp3) is 0.286. The van der Waals surface area contributed by atoms with E-state index in [9.17, 15) is 35.9 Å². The van der Waals surface area contributed by atoms with Gasteiger partial charge in [0.1, 0.15) is 10.8 Å². The highest BCUT2D eigenvalue weighted by molar-refractivity contribution is 7.17. The summed E-state index contributed by atoms with van der Waals surface area (Å²) in [6, 6.07) is 1.39. The van der Waals surface area contributed by atoms with Crippen LogP contribution in [0.5, 0.6) is 0 Å². The van der Waals surface area contributed by atoms with Crippen molar-refractivity contribution in [1.29, 1.82) is 0 Å². The number of aromatic nitrogens is 4. The molecule has 3 heterocycles. The van der Waals surface area contributed by atoms with Crippen molar-refractivity contribution in [3.05, 3.63) is 49.6 Å². The number of hydrogen-bond donors (Lipinski definition) is 0. The second kappa shape index (κ2) is 6.58. The molecule has 0 saturated heterocycles. The zero-order valence-electron chi connectivity index (χ0n) is 13.5. The van der Waals surface area contributed by atoms with Crippen LogP contribution in [0.1, 0.15) is 26.8 Å². The molecule has 0 radical (unpaired) electrons. The third-order valence-corrected chi connectivity index (χ3v) is 4.81. The van der Waals surface area contributed by atoms with Gasteiger partial charge in [0.05, 0.1) is 12.2 Å². The minimum atomic E-state index is -5.19. The van der Waals surface area contributed by atoms with E-state index in [1.165, 1.54) is 6.92 Å². The molecule has 0 aliphatic rings. The van der Waals surface area contributed by atoms with Crippen molar-refractivity contribution < 1.29 is 31.1 Å². The van der Waals surface area contributed by atoms with Gasteiger partial charge in [-0.3, -0.25) is 9.59 Å². The molecule has 3 aromatic rings. The van der Waals surface area contributed by atoms with Crippen molar-refractivity contribution in [2.75, 3.05) is 0 Å². The summed E-state index contributed by atoms with van der Waals surface area (Å²) < 4.78 is 77.6. The first-order valence-electron chi connectivity index (χ1n) is 7.23. The molecule has 0 N–H and O–H groups in total. The Balaban J connectivity index is 2.06. The van der Waals surface area contributed by atoms with E-state index in [0.717, 1.165) is 10.7 Å². The molecule has 0 saturated carbocycles. The topological polar surface area (TPSA) is 69.3 Å². The molecule has 0 bridgehead atoms. The lowest BCUT2D eigenvalue weighted by Gasteiger charge is -2.07. The monoisotopic (exact) mass is 444 g/mol. The van der Waals surface area contributed by atoms with E-state index in [4.69, 9.17) is 11.6 Å². The van der Waals surface area contributed by atoms with Gasteiger partial charge in [-0.1, -0.05) is 11.6 Å². The van der Waals surface area contributed by atoms with Crippen LogP contribution in [-0.4, -0.2) is 31.1 Å². The summed E-state index contributed by atoms with van der Waals surface area (Å²) >= 11 is 6.37. The summed E-state index contributed by atoms with van der Waals surface area (Å²) in [7, 11) is 0. The van der Waals surface area contributed by atoms with Crippen LogP contribution in [0.4, 0.5) is 26.3 Å². The quantitative estimate of drug-likeness (QED) is 0.456. The predicted molar refractivity (Wildman–Crippen MR) is 85.8 cm³/mol. The Kier molecular flexibility index (Phi) is 4.78. The van der Waals surface area contributed by atoms with Crippen LogP contribution in [0.3, 0.4) is 0 Å². The maximum atomic E-state index is 12.8. The van der Waals surface area contributed by atoms with E-state index in [0.29, 0.717) is 21.8 Å². The summed E-state index contributed by atoms with van der Waals surface area (Å²) in [6.07, 6.45) is -9.92. The van der Waals surface area contributed by atoms with Gasteiger partial charge >= 0.3 is 12.4 Å². The number of carbonyl (C=O) groups is 1. The number of fused-ring (bicyclic) bond motifs is 1. The normalized spacial score (nSPS) is 12.7. The number of nitrogens with zero attached hydrogens (tertiary/aromatic N) is 4. The first-order valence-corrected chi connectivity index (χ1v) is 8.42. The van der Waals surface area contributed by atoms with Crippen molar-refractivity contribution in [3.63, 3.8) is 0 Å². The Labute approximate surface area is 160 Å². The molecule has 0 unspecified atom stereocenters. The first-order chi connectivity index (χ1) is 12.8. The Morgan fingerprint density at radius 1 is 1.21 bits per heavy atom. The highest BCUT2D eigenvalue weighted by Gasteiger charge is 2.42. The predicted octanol–water partition coefficient (Wildman–Crippen LogP) is 3.73. The molecule has 3 rings (SSSR count). The maximum absolute atomic E-state index is 12.8. The zero-order valence-corrected chi connectivity index (χ0v) is 15.1. The molecule has 0 amide bonds. The SMILES string of the molecule is Cc1sc2nc(Cn3nc(C(F)(F)F)cc3Cl)cc(=O)n2c1C(=O)C(F)(F)F. The molecule has 150 valence electrons. The summed E-state index contributed by atoms with van der Waals surface area (Å²) in [4.78, 5) is 27.5. The van der Waals surface area contributed by atoms with E-state index < -0.39 is 41.6 Å². The Hall–Kier alpha value is -2.41. The highest BCUT2D eigenvalue weighted by Crippen LogP contribution is 2.30. The molecule has 0 fully saturated rings. The van der Waals surface area contributed by atoms with Crippen molar-refractivity contribution in [1.82, 2.24) is 19.2 Å². The number of Topliss-reactive ketones (excluding diaryl/α,β-unsaturated/α-hetero) is 1. The minimum Gasteiger partial charge on any atom is -0.282 e. The van der Waals surface area contributed by atoms with Gasteiger partial charge in [-0.25, -0.2) is 14.1 Å². The standard InChI is InChI=1S/C14H7ClF6N4O2S/c1-5-10(11(27)14(19,20)21)25-9(26)2-6(22-12(25)28-5)4-24-8(15)3-7(23-24)13(16,17)18/h2-3H,4H2,1H3. The third kappa shape index (κ3) is 3.63. The number of rotatable bonds is 3. The second-order valence-corrected chi connectivity index (χ2v) is 7.11. The molecule has 0 spiro atoms. The van der Waals surface area contributed by atoms with Crippen molar-refractivity contribution in [2.45, 2.75) is 25.8 Å². The van der Waals surface area contributed by atoms with Crippen molar-refractivity contribution >= 4 is 33.7 Å². The number of aryl methyl sites for hydroxylation is 1. The van der Waals surface area contributed by atoms with E-state index in [1.807, 2.05) is 0 Å². The van der Waals surface area contributed by atoms with Crippen LogP contribution < -0.4 is 5.56 Å². The van der Waals surface area contributed by atoms with Gasteiger partial charge in [-0.15, -0.1) is 11.3 Å². The summed E-state index contributed by atoms with van der Waals surface area (Å²) in [5.41, 5.74) is -3.18. The molecule has 6 nitrogen and oxygen atoms in total. The number of alkyl halides is 6. The number of halogens is 7.